The van der Waals surface area contributed by atoms with Gasteiger partial charge in [0.15, 0.2) is 9.84 Å². The van der Waals surface area contributed by atoms with E-state index in [0.29, 0.717) is 28.8 Å². The van der Waals surface area contributed by atoms with Gasteiger partial charge in [0.25, 0.3) is 5.91 Å². The number of pyridine rings is 1. The molecule has 1 aromatic heterocycles. The lowest BCUT2D eigenvalue weighted by atomic mass is 9.89. The van der Waals surface area contributed by atoms with Crippen LogP contribution in [0.4, 0.5) is 0 Å². The number of carbonyl (C=O) groups is 1. The summed E-state index contributed by atoms with van der Waals surface area (Å²) in [5.41, 5.74) is 3.72. The fourth-order valence-electron chi connectivity index (χ4n) is 4.22. The van der Waals surface area contributed by atoms with Crippen molar-refractivity contribution in [2.45, 2.75) is 43.5 Å². The first-order chi connectivity index (χ1) is 14.0. The molecule has 2 aromatic rings. The van der Waals surface area contributed by atoms with Gasteiger partial charge in [-0.25, -0.2) is 8.42 Å². The third kappa shape index (κ3) is 4.21. The summed E-state index contributed by atoms with van der Waals surface area (Å²) in [7, 11) is -3.21. The Balaban J connectivity index is 1.39. The lowest BCUT2D eigenvalue weighted by Crippen LogP contribution is -2.23. The molecule has 2 heterocycles. The van der Waals surface area contributed by atoms with Crippen LogP contribution in [0.2, 0.25) is 0 Å². The van der Waals surface area contributed by atoms with Crippen molar-refractivity contribution in [1.82, 2.24) is 10.3 Å². The van der Waals surface area contributed by atoms with Gasteiger partial charge < -0.3 is 10.1 Å². The van der Waals surface area contributed by atoms with Crippen LogP contribution in [0.3, 0.4) is 0 Å². The zero-order valence-electron chi connectivity index (χ0n) is 16.6. The van der Waals surface area contributed by atoms with Crippen LogP contribution in [0.1, 0.15) is 52.9 Å². The highest BCUT2D eigenvalue weighted by molar-refractivity contribution is 7.91. The number of amides is 1. The molecule has 1 saturated heterocycles. The quantitative estimate of drug-likeness (QED) is 0.786. The Kier molecular flexibility index (Phi) is 5.69. The average Bonchev–Trinajstić information content (AvgIpc) is 3.41. The number of fused-ring (bicyclic) bond motifs is 1. The minimum absolute atomic E-state index is 0.0725. The van der Waals surface area contributed by atoms with E-state index < -0.39 is 9.84 Å². The number of ether oxygens (including phenoxy) is 1. The molecule has 29 heavy (non-hydrogen) atoms. The second-order valence-corrected chi connectivity index (χ2v) is 10.0. The number of hydrogen-bond acceptors (Lipinski definition) is 5. The van der Waals surface area contributed by atoms with Crippen molar-refractivity contribution < 1.29 is 17.9 Å². The van der Waals surface area contributed by atoms with Crippen LogP contribution in [0.5, 0.6) is 0 Å². The van der Waals surface area contributed by atoms with E-state index >= 15 is 0 Å². The molecule has 1 N–H and O–H groups in total. The van der Waals surface area contributed by atoms with E-state index in [-0.39, 0.29) is 11.7 Å². The highest BCUT2D eigenvalue weighted by atomic mass is 32.2. The standard InChI is InChI=1S/C22H26N2O4S/c1-2-29(26,27)19-6-3-15(4-7-19)12-24-22(25)18-11-16-5-8-20(21(16)23-13-18)17-9-10-28-14-17/h3-4,6-7,11,13,17,20H,2,5,8-10,12,14H2,1H3,(H,24,25). The minimum atomic E-state index is -3.21. The molecule has 0 saturated carbocycles. The number of nitrogens with one attached hydrogen (secondary N) is 1. The summed E-state index contributed by atoms with van der Waals surface area (Å²) in [4.78, 5) is 17.5. The predicted octanol–water partition coefficient (Wildman–Crippen LogP) is 2.87. The topological polar surface area (TPSA) is 85.4 Å². The van der Waals surface area contributed by atoms with Gasteiger partial charge in [0.1, 0.15) is 0 Å². The summed E-state index contributed by atoms with van der Waals surface area (Å²) in [5, 5.41) is 2.90. The van der Waals surface area contributed by atoms with Gasteiger partial charge in [-0.1, -0.05) is 19.1 Å². The molecular weight excluding hydrogens is 388 g/mol. The van der Waals surface area contributed by atoms with Gasteiger partial charge in [0, 0.05) is 31.0 Å². The van der Waals surface area contributed by atoms with Crippen LogP contribution < -0.4 is 5.32 Å². The van der Waals surface area contributed by atoms with E-state index in [2.05, 4.69) is 10.3 Å². The number of aryl methyl sites for hydroxylation is 1. The monoisotopic (exact) mass is 414 g/mol. The van der Waals surface area contributed by atoms with Crippen molar-refractivity contribution in [3.63, 3.8) is 0 Å². The first-order valence-corrected chi connectivity index (χ1v) is 11.8. The van der Waals surface area contributed by atoms with E-state index in [4.69, 9.17) is 4.74 Å². The molecule has 4 rings (SSSR count). The number of nitrogens with zero attached hydrogens (tertiary/aromatic N) is 1. The van der Waals surface area contributed by atoms with Crippen molar-refractivity contribution in [2.24, 2.45) is 5.92 Å². The summed E-state index contributed by atoms with van der Waals surface area (Å²) < 4.78 is 29.3. The summed E-state index contributed by atoms with van der Waals surface area (Å²) >= 11 is 0. The first kappa shape index (κ1) is 20.0. The van der Waals surface area contributed by atoms with Crippen molar-refractivity contribution in [2.75, 3.05) is 19.0 Å². The molecular formula is C22H26N2O4S. The number of sulfone groups is 1. The Hall–Kier alpha value is -2.25. The molecule has 1 aliphatic heterocycles. The van der Waals surface area contributed by atoms with Gasteiger partial charge in [0.05, 0.1) is 22.8 Å². The van der Waals surface area contributed by atoms with Gasteiger partial charge in [-0.15, -0.1) is 0 Å². The maximum absolute atomic E-state index is 12.6. The molecule has 154 valence electrons. The van der Waals surface area contributed by atoms with E-state index in [1.165, 1.54) is 5.56 Å². The highest BCUT2D eigenvalue weighted by Crippen LogP contribution is 2.40. The number of hydrogen-bond donors (Lipinski definition) is 1. The molecule has 7 heteroatoms. The molecule has 0 radical (unpaired) electrons. The Morgan fingerprint density at radius 3 is 2.72 bits per heavy atom. The van der Waals surface area contributed by atoms with Crippen LogP contribution in [0, 0.1) is 5.92 Å². The molecule has 2 atom stereocenters. The van der Waals surface area contributed by atoms with Crippen molar-refractivity contribution in [1.29, 1.82) is 0 Å². The lowest BCUT2D eigenvalue weighted by molar-refractivity contribution is 0.0950. The SMILES string of the molecule is CCS(=O)(=O)c1ccc(CNC(=O)c2cnc3c(c2)CCC3C2CCOC2)cc1. The van der Waals surface area contributed by atoms with Gasteiger partial charge in [-0.05, 0) is 54.5 Å². The lowest BCUT2D eigenvalue weighted by Gasteiger charge is -2.16. The number of carbonyl (C=O) groups excluding carboxylic acids is 1. The molecule has 6 nitrogen and oxygen atoms in total. The molecule has 2 aliphatic rings. The maximum atomic E-state index is 12.6. The third-order valence-corrected chi connectivity index (χ3v) is 7.74. The molecule has 1 fully saturated rings. The van der Waals surface area contributed by atoms with Gasteiger partial charge in [0.2, 0.25) is 0 Å². The maximum Gasteiger partial charge on any atom is 0.253 e. The summed E-state index contributed by atoms with van der Waals surface area (Å²) in [6.45, 7) is 3.61. The van der Waals surface area contributed by atoms with E-state index in [9.17, 15) is 13.2 Å². The number of benzene rings is 1. The minimum Gasteiger partial charge on any atom is -0.381 e. The summed E-state index contributed by atoms with van der Waals surface area (Å²) in [5.74, 6) is 0.895. The zero-order valence-corrected chi connectivity index (χ0v) is 17.4. The molecule has 1 aromatic carbocycles. The Morgan fingerprint density at radius 2 is 2.03 bits per heavy atom. The van der Waals surface area contributed by atoms with E-state index in [1.807, 2.05) is 6.07 Å². The molecule has 0 bridgehead atoms. The molecule has 1 amide bonds. The van der Waals surface area contributed by atoms with Crippen molar-refractivity contribution in [3.8, 4) is 0 Å². The van der Waals surface area contributed by atoms with Crippen LogP contribution in [-0.4, -0.2) is 38.3 Å². The second kappa shape index (κ2) is 8.24. The van der Waals surface area contributed by atoms with Gasteiger partial charge in [-0.3, -0.25) is 9.78 Å². The molecule has 0 spiro atoms. The van der Waals surface area contributed by atoms with Crippen LogP contribution in [0.15, 0.2) is 41.4 Å². The van der Waals surface area contributed by atoms with Gasteiger partial charge in [-0.2, -0.15) is 0 Å². The van der Waals surface area contributed by atoms with Crippen LogP contribution in [0.25, 0.3) is 0 Å². The zero-order chi connectivity index (χ0) is 20.4. The number of rotatable bonds is 6. The third-order valence-electron chi connectivity index (χ3n) is 5.99. The smallest absolute Gasteiger partial charge is 0.253 e. The van der Waals surface area contributed by atoms with Gasteiger partial charge >= 0.3 is 0 Å². The Labute approximate surface area is 171 Å². The number of aromatic nitrogens is 1. The van der Waals surface area contributed by atoms with Crippen LogP contribution in [-0.2, 0) is 27.5 Å². The summed E-state index contributed by atoms with van der Waals surface area (Å²) in [6, 6.07) is 8.61. The Bertz CT molecular complexity index is 996. The van der Waals surface area contributed by atoms with E-state index in [0.717, 1.165) is 43.7 Å². The molecule has 1 aliphatic carbocycles. The largest absolute Gasteiger partial charge is 0.381 e. The predicted molar refractivity (Wildman–Crippen MR) is 110 cm³/mol. The van der Waals surface area contributed by atoms with Crippen molar-refractivity contribution >= 4 is 15.7 Å². The van der Waals surface area contributed by atoms with Crippen LogP contribution >= 0.6 is 0 Å². The highest BCUT2D eigenvalue weighted by Gasteiger charge is 2.33. The molecule has 2 unspecified atom stereocenters. The summed E-state index contributed by atoms with van der Waals surface area (Å²) in [6.07, 6.45) is 4.79. The second-order valence-electron chi connectivity index (χ2n) is 7.77. The normalized spacial score (nSPS) is 21.1. The van der Waals surface area contributed by atoms with E-state index in [1.54, 1.807) is 37.4 Å². The fourth-order valence-corrected chi connectivity index (χ4v) is 5.11. The fraction of sp³-hybridized carbons (Fsp3) is 0.455. The first-order valence-electron chi connectivity index (χ1n) is 10.1. The Morgan fingerprint density at radius 1 is 1.24 bits per heavy atom. The van der Waals surface area contributed by atoms with Crippen molar-refractivity contribution in [3.05, 3.63) is 58.9 Å². The average molecular weight is 415 g/mol.